The summed E-state index contributed by atoms with van der Waals surface area (Å²) in [6.07, 6.45) is -2.98. The molecule has 0 aliphatic carbocycles. The third-order valence-electron chi connectivity index (χ3n) is 5.52. The van der Waals surface area contributed by atoms with Gasteiger partial charge in [0.05, 0.1) is 12.2 Å². The molecule has 0 saturated heterocycles. The van der Waals surface area contributed by atoms with E-state index < -0.39 is 11.7 Å². The van der Waals surface area contributed by atoms with Gasteiger partial charge in [-0.3, -0.25) is 9.59 Å². The molecule has 31 heavy (non-hydrogen) atoms. The summed E-state index contributed by atoms with van der Waals surface area (Å²) in [4.78, 5) is 26.1. The summed E-state index contributed by atoms with van der Waals surface area (Å²) >= 11 is 0. The Labute approximate surface area is 177 Å². The number of hydrogen-bond acceptors (Lipinski definition) is 3. The number of carbonyl (C=O) groups excluding carboxylic acids is 2. The minimum Gasteiger partial charge on any atom is -0.493 e. The smallest absolute Gasteiger partial charge is 0.416 e. The van der Waals surface area contributed by atoms with E-state index in [0.29, 0.717) is 41.8 Å². The standard InChI is InChI=1S/C23H21F3N2O3/c1-13(29)27-16-7-5-14-10-19(22(30)28(2)20(14)12-16)17-4-3-9-31-21-11-15(23(24,25)26)6-8-18(17)21/h5-8,11-12H,3-4,9-10H2,1-2H3,(H,27,29)/b19-17+. The number of rotatable bonds is 1. The SMILES string of the molecule is CC(=O)Nc1ccc2c(c1)N(C)C(=O)/C(=C1\CCCOc3cc(C(F)(F)F)ccc31)C2. The fourth-order valence-electron chi connectivity index (χ4n) is 4.07. The van der Waals surface area contributed by atoms with Gasteiger partial charge < -0.3 is 15.0 Å². The molecule has 2 aromatic carbocycles. The van der Waals surface area contributed by atoms with Crippen molar-refractivity contribution in [3.8, 4) is 5.75 Å². The predicted molar refractivity (Wildman–Crippen MR) is 111 cm³/mol. The lowest BCUT2D eigenvalue weighted by Crippen LogP contribution is -2.34. The van der Waals surface area contributed by atoms with Crippen LogP contribution < -0.4 is 15.0 Å². The number of likely N-dealkylation sites (N-methyl/N-ethyl adjacent to an activating group) is 1. The van der Waals surface area contributed by atoms with Crippen molar-refractivity contribution in [2.24, 2.45) is 0 Å². The van der Waals surface area contributed by atoms with Crippen LogP contribution in [0.5, 0.6) is 5.75 Å². The fourth-order valence-corrected chi connectivity index (χ4v) is 4.07. The van der Waals surface area contributed by atoms with E-state index in [-0.39, 0.29) is 24.2 Å². The van der Waals surface area contributed by atoms with Crippen molar-refractivity contribution >= 4 is 28.8 Å². The van der Waals surface area contributed by atoms with E-state index in [4.69, 9.17) is 4.74 Å². The van der Waals surface area contributed by atoms with Crippen molar-refractivity contribution in [1.82, 2.24) is 0 Å². The third kappa shape index (κ3) is 4.02. The van der Waals surface area contributed by atoms with Crippen LogP contribution in [0.15, 0.2) is 42.0 Å². The second-order valence-corrected chi connectivity index (χ2v) is 7.68. The molecule has 2 aromatic rings. The normalized spacial score (nSPS) is 18.6. The first-order chi connectivity index (χ1) is 14.6. The number of carbonyl (C=O) groups is 2. The van der Waals surface area contributed by atoms with Crippen molar-refractivity contribution in [3.05, 3.63) is 58.7 Å². The first kappa shape index (κ1) is 21.0. The number of nitrogens with one attached hydrogen (secondary N) is 1. The molecule has 0 saturated carbocycles. The summed E-state index contributed by atoms with van der Waals surface area (Å²) in [7, 11) is 1.65. The van der Waals surface area contributed by atoms with Crippen molar-refractivity contribution in [3.63, 3.8) is 0 Å². The molecule has 8 heteroatoms. The van der Waals surface area contributed by atoms with Gasteiger partial charge in [-0.05, 0) is 48.2 Å². The number of anilines is 2. The summed E-state index contributed by atoms with van der Waals surface area (Å²) in [6, 6.07) is 8.80. The lowest BCUT2D eigenvalue weighted by molar-refractivity contribution is -0.137. The Morgan fingerprint density at radius 2 is 1.90 bits per heavy atom. The average molecular weight is 430 g/mol. The highest BCUT2D eigenvalue weighted by Crippen LogP contribution is 2.42. The number of halogens is 3. The molecule has 2 aliphatic heterocycles. The van der Waals surface area contributed by atoms with E-state index in [1.807, 2.05) is 6.07 Å². The van der Waals surface area contributed by atoms with Crippen LogP contribution in [0.1, 0.15) is 36.5 Å². The Hall–Kier alpha value is -3.29. The predicted octanol–water partition coefficient (Wildman–Crippen LogP) is 4.81. The summed E-state index contributed by atoms with van der Waals surface area (Å²) in [6.45, 7) is 1.69. The van der Waals surface area contributed by atoms with Crippen LogP contribution in [-0.4, -0.2) is 25.5 Å². The Morgan fingerprint density at radius 1 is 1.13 bits per heavy atom. The van der Waals surface area contributed by atoms with Crippen LogP contribution >= 0.6 is 0 Å². The van der Waals surface area contributed by atoms with E-state index in [1.165, 1.54) is 17.9 Å². The highest BCUT2D eigenvalue weighted by Gasteiger charge is 2.34. The van der Waals surface area contributed by atoms with Gasteiger partial charge in [0.25, 0.3) is 5.91 Å². The van der Waals surface area contributed by atoms with Crippen LogP contribution in [0.3, 0.4) is 0 Å². The minimum absolute atomic E-state index is 0.150. The molecular weight excluding hydrogens is 409 g/mol. The van der Waals surface area contributed by atoms with Crippen molar-refractivity contribution < 1.29 is 27.5 Å². The zero-order valence-electron chi connectivity index (χ0n) is 17.1. The molecule has 0 radical (unpaired) electrons. The van der Waals surface area contributed by atoms with Crippen molar-refractivity contribution in [1.29, 1.82) is 0 Å². The van der Waals surface area contributed by atoms with Crippen molar-refractivity contribution in [2.75, 3.05) is 23.9 Å². The van der Waals surface area contributed by atoms with Crippen LogP contribution in [0.4, 0.5) is 24.5 Å². The number of alkyl halides is 3. The average Bonchev–Trinajstić information content (AvgIpc) is 2.92. The van der Waals surface area contributed by atoms with E-state index in [0.717, 1.165) is 23.3 Å². The second kappa shape index (κ2) is 7.76. The van der Waals surface area contributed by atoms with Gasteiger partial charge in [-0.15, -0.1) is 0 Å². The van der Waals surface area contributed by atoms with Crippen LogP contribution in [0.2, 0.25) is 0 Å². The van der Waals surface area contributed by atoms with Gasteiger partial charge in [0.1, 0.15) is 5.75 Å². The maximum atomic E-state index is 13.2. The number of hydrogen-bond donors (Lipinski definition) is 1. The van der Waals surface area contributed by atoms with Crippen LogP contribution in [-0.2, 0) is 22.2 Å². The van der Waals surface area contributed by atoms with Crippen LogP contribution in [0, 0.1) is 0 Å². The Balaban J connectivity index is 1.79. The maximum Gasteiger partial charge on any atom is 0.416 e. The number of nitrogens with zero attached hydrogens (tertiary/aromatic N) is 1. The number of amides is 2. The quantitative estimate of drug-likeness (QED) is 0.661. The molecule has 2 heterocycles. The summed E-state index contributed by atoms with van der Waals surface area (Å²) in [5.74, 6) is -0.270. The van der Waals surface area contributed by atoms with Gasteiger partial charge in [-0.2, -0.15) is 13.2 Å². The molecular formula is C23H21F3N2O3. The fraction of sp³-hybridized carbons (Fsp3) is 0.304. The van der Waals surface area contributed by atoms with Crippen molar-refractivity contribution in [2.45, 2.75) is 32.4 Å². The Kier molecular flexibility index (Phi) is 5.24. The van der Waals surface area contributed by atoms with Gasteiger partial charge in [0, 0.05) is 42.9 Å². The lowest BCUT2D eigenvalue weighted by atomic mass is 9.87. The zero-order valence-corrected chi connectivity index (χ0v) is 17.1. The third-order valence-corrected chi connectivity index (χ3v) is 5.52. The second-order valence-electron chi connectivity index (χ2n) is 7.68. The van der Waals surface area contributed by atoms with E-state index in [2.05, 4.69) is 5.32 Å². The summed E-state index contributed by atoms with van der Waals surface area (Å²) in [5, 5.41) is 2.71. The highest BCUT2D eigenvalue weighted by atomic mass is 19.4. The molecule has 0 fully saturated rings. The van der Waals surface area contributed by atoms with Gasteiger partial charge in [0.2, 0.25) is 5.91 Å². The molecule has 0 bridgehead atoms. The number of fused-ring (bicyclic) bond motifs is 2. The van der Waals surface area contributed by atoms with E-state index >= 15 is 0 Å². The highest BCUT2D eigenvalue weighted by molar-refractivity contribution is 6.13. The molecule has 0 atom stereocenters. The molecule has 162 valence electrons. The first-order valence-electron chi connectivity index (χ1n) is 9.90. The molecule has 0 unspecified atom stereocenters. The van der Waals surface area contributed by atoms with E-state index in [9.17, 15) is 22.8 Å². The molecule has 2 amide bonds. The van der Waals surface area contributed by atoms with Crippen LogP contribution in [0.25, 0.3) is 5.57 Å². The van der Waals surface area contributed by atoms with Gasteiger partial charge in [0.15, 0.2) is 0 Å². The molecule has 0 aromatic heterocycles. The number of allylic oxidation sites excluding steroid dienone is 1. The van der Waals surface area contributed by atoms with E-state index in [1.54, 1.807) is 19.2 Å². The van der Waals surface area contributed by atoms with Gasteiger partial charge in [-0.25, -0.2) is 0 Å². The summed E-state index contributed by atoms with van der Waals surface area (Å²) in [5.41, 5.74) is 3.20. The zero-order chi connectivity index (χ0) is 22.3. The largest absolute Gasteiger partial charge is 0.493 e. The summed E-state index contributed by atoms with van der Waals surface area (Å²) < 4.78 is 45.0. The van der Waals surface area contributed by atoms with Gasteiger partial charge >= 0.3 is 6.18 Å². The topological polar surface area (TPSA) is 58.6 Å². The molecule has 1 N–H and O–H groups in total. The minimum atomic E-state index is -4.47. The lowest BCUT2D eigenvalue weighted by Gasteiger charge is -2.30. The maximum absolute atomic E-state index is 13.2. The molecule has 2 aliphatic rings. The van der Waals surface area contributed by atoms with Gasteiger partial charge in [-0.1, -0.05) is 12.1 Å². The molecule has 0 spiro atoms. The first-order valence-corrected chi connectivity index (χ1v) is 9.90. The monoisotopic (exact) mass is 430 g/mol. The molecule has 5 nitrogen and oxygen atoms in total. The Morgan fingerprint density at radius 3 is 2.61 bits per heavy atom. The Bertz CT molecular complexity index is 1110. The number of benzene rings is 2. The number of ether oxygens (including phenoxy) is 1. The molecule has 4 rings (SSSR count).